The summed E-state index contributed by atoms with van der Waals surface area (Å²) < 4.78 is 5.75. The molecule has 0 aromatic heterocycles. The van der Waals surface area contributed by atoms with Gasteiger partial charge >= 0.3 is 0 Å². The minimum Gasteiger partial charge on any atom is -0.393 e. The lowest BCUT2D eigenvalue weighted by Gasteiger charge is -2.48. The van der Waals surface area contributed by atoms with Crippen molar-refractivity contribution in [1.82, 2.24) is 4.90 Å². The Morgan fingerprint density at radius 1 is 1.13 bits per heavy atom. The molecule has 1 saturated heterocycles. The molecule has 0 aromatic rings. The highest BCUT2D eigenvalue weighted by atomic mass is 16.5. The summed E-state index contributed by atoms with van der Waals surface area (Å²) in [5, 5.41) is 20.0. The molecule has 2 N–H and O–H groups in total. The van der Waals surface area contributed by atoms with Crippen molar-refractivity contribution < 1.29 is 14.9 Å². The Kier molecular flexibility index (Phi) is 7.03. The summed E-state index contributed by atoms with van der Waals surface area (Å²) in [5.41, 5.74) is 3.38. The third-order valence-electron chi connectivity index (χ3n) is 9.12. The highest BCUT2D eigenvalue weighted by Crippen LogP contribution is 2.59. The van der Waals surface area contributed by atoms with Crippen LogP contribution >= 0.6 is 0 Å². The first-order valence-electron chi connectivity index (χ1n) is 12.8. The molecule has 0 radical (unpaired) electrons. The van der Waals surface area contributed by atoms with Gasteiger partial charge in [-0.1, -0.05) is 37.1 Å². The van der Waals surface area contributed by atoms with E-state index in [2.05, 4.69) is 44.7 Å². The van der Waals surface area contributed by atoms with Crippen LogP contribution in [-0.4, -0.2) is 59.2 Å². The molecule has 4 fully saturated rings. The fourth-order valence-corrected chi connectivity index (χ4v) is 7.45. The van der Waals surface area contributed by atoms with Crippen LogP contribution in [0.15, 0.2) is 23.3 Å². The largest absolute Gasteiger partial charge is 0.393 e. The summed E-state index contributed by atoms with van der Waals surface area (Å²) in [7, 11) is 0. The summed E-state index contributed by atoms with van der Waals surface area (Å²) in [6, 6.07) is 0. The van der Waals surface area contributed by atoms with Crippen LogP contribution in [0.25, 0.3) is 0 Å². The molecule has 0 amide bonds. The van der Waals surface area contributed by atoms with Crippen LogP contribution in [0.5, 0.6) is 0 Å². The van der Waals surface area contributed by atoms with Gasteiger partial charge in [-0.25, -0.2) is 0 Å². The summed E-state index contributed by atoms with van der Waals surface area (Å²) in [5.74, 6) is 2.18. The normalized spacial score (nSPS) is 41.2. The fraction of sp³-hybridized carbons (Fsp3) is 0.852. The average molecular weight is 432 g/mol. The third kappa shape index (κ3) is 4.98. The molecule has 176 valence electrons. The molecule has 4 aliphatic rings. The van der Waals surface area contributed by atoms with E-state index in [4.69, 9.17) is 4.74 Å². The van der Waals surface area contributed by atoms with E-state index in [9.17, 15) is 10.2 Å². The topological polar surface area (TPSA) is 52.9 Å². The Morgan fingerprint density at radius 2 is 1.87 bits per heavy atom. The van der Waals surface area contributed by atoms with Gasteiger partial charge in [-0.05, 0) is 88.4 Å². The predicted octanol–water partition coefficient (Wildman–Crippen LogP) is 4.71. The van der Waals surface area contributed by atoms with Crippen molar-refractivity contribution in [3.05, 3.63) is 23.3 Å². The van der Waals surface area contributed by atoms with E-state index in [1.165, 1.54) is 44.2 Å². The maximum Gasteiger partial charge on any atom is 0.0645 e. The highest BCUT2D eigenvalue weighted by molar-refractivity contribution is 5.26. The van der Waals surface area contributed by atoms with Gasteiger partial charge in [0.1, 0.15) is 0 Å². The average Bonchev–Trinajstić information content (AvgIpc) is 3.05. The van der Waals surface area contributed by atoms with Gasteiger partial charge in [0.25, 0.3) is 0 Å². The summed E-state index contributed by atoms with van der Waals surface area (Å²) in [6.07, 6.45) is 12.3. The third-order valence-corrected chi connectivity index (χ3v) is 9.12. The number of rotatable bonds is 4. The minimum atomic E-state index is -0.383. The molecule has 0 unspecified atom stereocenters. The van der Waals surface area contributed by atoms with Gasteiger partial charge in [0.05, 0.1) is 25.4 Å². The molecule has 3 aliphatic carbocycles. The SMILES string of the molecule is C[C@H](CN1CCOCC1(C)C)[C@H]1CC[C@H]2/C(=C/C=C3C[C@@H](O)C[C@H](O)C3)CCC[C@]12C. The van der Waals surface area contributed by atoms with Crippen LogP contribution in [0.4, 0.5) is 0 Å². The van der Waals surface area contributed by atoms with Crippen molar-refractivity contribution in [3.63, 3.8) is 0 Å². The Morgan fingerprint density at radius 3 is 2.58 bits per heavy atom. The van der Waals surface area contributed by atoms with Crippen molar-refractivity contribution in [2.24, 2.45) is 23.2 Å². The molecular weight excluding hydrogens is 386 g/mol. The van der Waals surface area contributed by atoms with Crippen molar-refractivity contribution >= 4 is 0 Å². The first-order valence-corrected chi connectivity index (χ1v) is 12.8. The number of fused-ring (bicyclic) bond motifs is 1. The molecular formula is C27H45NO3. The van der Waals surface area contributed by atoms with Gasteiger partial charge in [-0.15, -0.1) is 0 Å². The minimum absolute atomic E-state index is 0.143. The predicted molar refractivity (Wildman–Crippen MR) is 126 cm³/mol. The standard InChI is InChI=1S/C27H45NO3/c1-19(17-28-12-13-31-18-26(28,2)3)24-9-10-25-21(6-5-11-27(24,25)4)8-7-20-14-22(29)16-23(30)15-20/h7-8,19,22-25,29-30H,5-6,9-18H2,1-4H3/b21-8+/t19-,22-,23-,24-,25+,27-/m1/s1. The van der Waals surface area contributed by atoms with Crippen LogP contribution in [0.2, 0.25) is 0 Å². The second-order valence-corrected chi connectivity index (χ2v) is 11.9. The maximum absolute atomic E-state index is 10.0. The van der Waals surface area contributed by atoms with Crippen molar-refractivity contribution in [1.29, 1.82) is 0 Å². The van der Waals surface area contributed by atoms with Crippen LogP contribution < -0.4 is 0 Å². The number of morpholine rings is 1. The van der Waals surface area contributed by atoms with E-state index in [-0.39, 0.29) is 17.7 Å². The zero-order valence-electron chi connectivity index (χ0n) is 20.3. The Bertz CT molecular complexity index is 687. The van der Waals surface area contributed by atoms with Gasteiger partial charge in [0, 0.05) is 18.6 Å². The first kappa shape index (κ1) is 23.5. The molecule has 0 spiro atoms. The fourth-order valence-electron chi connectivity index (χ4n) is 7.45. The number of aliphatic hydroxyl groups excluding tert-OH is 2. The smallest absolute Gasteiger partial charge is 0.0645 e. The molecule has 4 rings (SSSR count). The first-order chi connectivity index (χ1) is 14.7. The quantitative estimate of drug-likeness (QED) is 0.677. The van der Waals surface area contributed by atoms with Crippen molar-refractivity contribution in [2.45, 2.75) is 96.8 Å². The summed E-state index contributed by atoms with van der Waals surface area (Å²) >= 11 is 0. The van der Waals surface area contributed by atoms with E-state index in [0.717, 1.165) is 38.5 Å². The van der Waals surface area contributed by atoms with Gasteiger partial charge < -0.3 is 14.9 Å². The zero-order chi connectivity index (χ0) is 22.2. The van der Waals surface area contributed by atoms with Gasteiger partial charge in [0.2, 0.25) is 0 Å². The zero-order valence-corrected chi connectivity index (χ0v) is 20.3. The number of hydrogen-bond donors (Lipinski definition) is 2. The Labute approximate surface area is 189 Å². The second kappa shape index (κ2) is 9.29. The molecule has 1 heterocycles. The van der Waals surface area contributed by atoms with Gasteiger partial charge in [-0.3, -0.25) is 4.90 Å². The second-order valence-electron chi connectivity index (χ2n) is 11.9. The van der Waals surface area contributed by atoms with E-state index in [1.54, 1.807) is 5.57 Å². The summed E-state index contributed by atoms with van der Waals surface area (Å²) in [6.45, 7) is 13.7. The van der Waals surface area contributed by atoms with E-state index in [1.807, 2.05) is 0 Å². The van der Waals surface area contributed by atoms with Crippen LogP contribution in [0.3, 0.4) is 0 Å². The number of hydrogen-bond acceptors (Lipinski definition) is 4. The monoisotopic (exact) mass is 431 g/mol. The Balaban J connectivity index is 1.46. The lowest BCUT2D eigenvalue weighted by atomic mass is 9.61. The number of ether oxygens (including phenoxy) is 1. The molecule has 4 nitrogen and oxygen atoms in total. The molecule has 0 aromatic carbocycles. The molecule has 0 bridgehead atoms. The van der Waals surface area contributed by atoms with Gasteiger partial charge in [0.15, 0.2) is 0 Å². The number of allylic oxidation sites excluding steroid dienone is 3. The van der Waals surface area contributed by atoms with Gasteiger partial charge in [-0.2, -0.15) is 0 Å². The van der Waals surface area contributed by atoms with E-state index < -0.39 is 0 Å². The maximum atomic E-state index is 10.0. The summed E-state index contributed by atoms with van der Waals surface area (Å²) in [4.78, 5) is 2.67. The van der Waals surface area contributed by atoms with E-state index >= 15 is 0 Å². The molecule has 6 atom stereocenters. The van der Waals surface area contributed by atoms with Crippen LogP contribution in [-0.2, 0) is 4.74 Å². The van der Waals surface area contributed by atoms with Crippen LogP contribution in [0, 0.1) is 23.2 Å². The molecule has 4 heteroatoms. The Hall–Kier alpha value is -0.680. The van der Waals surface area contributed by atoms with Crippen LogP contribution in [0.1, 0.15) is 79.1 Å². The lowest BCUT2D eigenvalue weighted by Crippen LogP contribution is -2.55. The lowest BCUT2D eigenvalue weighted by molar-refractivity contribution is -0.0638. The van der Waals surface area contributed by atoms with E-state index in [0.29, 0.717) is 23.7 Å². The molecule has 31 heavy (non-hydrogen) atoms. The van der Waals surface area contributed by atoms with Crippen molar-refractivity contribution in [2.75, 3.05) is 26.3 Å². The highest BCUT2D eigenvalue weighted by Gasteiger charge is 2.51. The molecule has 3 saturated carbocycles. The number of aliphatic hydroxyl groups is 2. The van der Waals surface area contributed by atoms with Crippen molar-refractivity contribution in [3.8, 4) is 0 Å². The molecule has 1 aliphatic heterocycles. The number of nitrogens with zero attached hydrogens (tertiary/aromatic N) is 1.